The van der Waals surface area contributed by atoms with E-state index in [9.17, 15) is 18.4 Å². The zero-order chi connectivity index (χ0) is 16.3. The summed E-state index contributed by atoms with van der Waals surface area (Å²) < 4.78 is 33.0. The molecule has 0 aliphatic rings. The Morgan fingerprint density at radius 3 is 2.33 bits per heavy atom. The molecule has 4 nitrogen and oxygen atoms in total. The summed E-state index contributed by atoms with van der Waals surface area (Å²) >= 11 is 0. The van der Waals surface area contributed by atoms with E-state index in [0.29, 0.717) is 0 Å². The molecule has 21 heavy (non-hydrogen) atoms. The van der Waals surface area contributed by atoms with E-state index in [0.717, 1.165) is 6.07 Å². The Morgan fingerprint density at radius 1 is 1.29 bits per heavy atom. The molecular weight excluding hydrogens is 280 g/mol. The molecule has 1 rings (SSSR count). The van der Waals surface area contributed by atoms with Crippen LogP contribution in [0.5, 0.6) is 0 Å². The molecule has 0 aliphatic heterocycles. The topological polar surface area (TPSA) is 55.4 Å². The van der Waals surface area contributed by atoms with Crippen LogP contribution in [0.25, 0.3) is 0 Å². The number of ether oxygens (including phenoxy) is 1. The molecule has 6 heteroatoms. The third kappa shape index (κ3) is 4.24. The summed E-state index contributed by atoms with van der Waals surface area (Å²) in [7, 11) is 0. The Hall–Kier alpha value is -1.98. The van der Waals surface area contributed by atoms with Crippen molar-refractivity contribution in [2.24, 2.45) is 0 Å². The van der Waals surface area contributed by atoms with Crippen LogP contribution in [0.2, 0.25) is 0 Å². The molecule has 0 bridgehead atoms. The van der Waals surface area contributed by atoms with E-state index in [2.05, 4.69) is 5.32 Å². The van der Waals surface area contributed by atoms with Gasteiger partial charge in [0.05, 0.1) is 0 Å². The van der Waals surface area contributed by atoms with Crippen LogP contribution < -0.4 is 5.32 Å². The van der Waals surface area contributed by atoms with Crippen LogP contribution in [0.3, 0.4) is 0 Å². The summed E-state index contributed by atoms with van der Waals surface area (Å²) in [6.07, 6.45) is -3.04. The molecule has 1 aromatic carbocycles. The van der Waals surface area contributed by atoms with Crippen molar-refractivity contribution >= 4 is 12.4 Å². The highest BCUT2D eigenvalue weighted by Gasteiger charge is 2.41. The maximum Gasteiger partial charge on any atom is 0.408 e. The van der Waals surface area contributed by atoms with E-state index >= 15 is 0 Å². The highest BCUT2D eigenvalue weighted by molar-refractivity contribution is 5.71. The molecule has 0 fully saturated rings. The first kappa shape index (κ1) is 17.1. The zero-order valence-electron chi connectivity index (χ0n) is 12.4. The van der Waals surface area contributed by atoms with Gasteiger partial charge in [-0.15, -0.1) is 0 Å². The van der Waals surface area contributed by atoms with Gasteiger partial charge in [0, 0.05) is 5.56 Å². The van der Waals surface area contributed by atoms with Crippen molar-refractivity contribution in [3.05, 3.63) is 35.6 Å². The van der Waals surface area contributed by atoms with E-state index in [1.165, 1.54) is 25.1 Å². The predicted octanol–water partition coefficient (Wildman–Crippen LogP) is 3.10. The van der Waals surface area contributed by atoms with Crippen LogP contribution in [0.1, 0.15) is 33.3 Å². The summed E-state index contributed by atoms with van der Waals surface area (Å²) in [6, 6.07) is 5.36. The molecule has 0 radical (unpaired) electrons. The lowest BCUT2D eigenvalue weighted by Gasteiger charge is -2.33. The number of hydrogen-bond donors (Lipinski definition) is 1. The summed E-state index contributed by atoms with van der Waals surface area (Å²) in [6.45, 7) is 6.15. The molecule has 0 saturated carbocycles. The highest BCUT2D eigenvalue weighted by Crippen LogP contribution is 2.29. The number of halogens is 2. The maximum absolute atomic E-state index is 14.0. The minimum atomic E-state index is -2.12. The van der Waals surface area contributed by atoms with Crippen molar-refractivity contribution in [3.8, 4) is 0 Å². The molecule has 0 aromatic heterocycles. The Balaban J connectivity index is 3.14. The zero-order valence-corrected chi connectivity index (χ0v) is 12.4. The molecule has 0 aliphatic carbocycles. The van der Waals surface area contributed by atoms with Crippen molar-refractivity contribution in [3.63, 3.8) is 0 Å². The first-order valence-corrected chi connectivity index (χ1v) is 6.45. The predicted molar refractivity (Wildman–Crippen MR) is 74.1 cm³/mol. The van der Waals surface area contributed by atoms with Crippen molar-refractivity contribution in [1.82, 2.24) is 5.32 Å². The average Bonchev–Trinajstić information content (AvgIpc) is 2.35. The van der Waals surface area contributed by atoms with E-state index in [1.807, 2.05) is 0 Å². The third-order valence-corrected chi connectivity index (χ3v) is 2.87. The van der Waals surface area contributed by atoms with Crippen molar-refractivity contribution in [2.45, 2.75) is 45.0 Å². The second kappa shape index (κ2) is 6.20. The molecule has 1 N–H and O–H groups in total. The standard InChI is InChI=1S/C15H19F2NO3/c1-14(2,3)21-13(20)18-15(4,12(17)9-19)10-7-5-6-8-11(10)16/h5-9,12H,1-4H3,(H,18,20)/t12-,15?/m0/s1. The lowest BCUT2D eigenvalue weighted by atomic mass is 9.87. The largest absolute Gasteiger partial charge is 0.444 e. The van der Waals surface area contributed by atoms with Gasteiger partial charge >= 0.3 is 6.09 Å². The first-order valence-electron chi connectivity index (χ1n) is 6.45. The number of alkyl halides is 1. The van der Waals surface area contributed by atoms with Crippen molar-refractivity contribution in [2.75, 3.05) is 0 Å². The number of nitrogens with one attached hydrogen (secondary N) is 1. The fraction of sp³-hybridized carbons (Fsp3) is 0.467. The van der Waals surface area contributed by atoms with Crippen LogP contribution in [0.15, 0.2) is 24.3 Å². The molecule has 1 unspecified atom stereocenters. The minimum Gasteiger partial charge on any atom is -0.444 e. The Kier molecular flexibility index (Phi) is 5.04. The van der Waals surface area contributed by atoms with Crippen LogP contribution >= 0.6 is 0 Å². The van der Waals surface area contributed by atoms with E-state index in [4.69, 9.17) is 4.74 Å². The number of alkyl carbamates (subject to hydrolysis) is 1. The van der Waals surface area contributed by atoms with E-state index < -0.39 is 29.2 Å². The first-order chi connectivity index (χ1) is 9.60. The minimum absolute atomic E-state index is 0.0177. The van der Waals surface area contributed by atoms with Gasteiger partial charge in [-0.1, -0.05) is 18.2 Å². The monoisotopic (exact) mass is 299 g/mol. The van der Waals surface area contributed by atoms with Gasteiger partial charge in [0.25, 0.3) is 0 Å². The van der Waals surface area contributed by atoms with Gasteiger partial charge in [-0.2, -0.15) is 0 Å². The number of carbonyl (C=O) groups excluding carboxylic acids is 2. The summed E-state index contributed by atoms with van der Waals surface area (Å²) in [5.74, 6) is -0.722. The second-order valence-electron chi connectivity index (χ2n) is 5.85. The Labute approximate surface area is 122 Å². The molecule has 1 aromatic rings. The molecular formula is C15H19F2NO3. The summed E-state index contributed by atoms with van der Waals surface area (Å²) in [5.41, 5.74) is -2.78. The SMILES string of the molecule is CC(C)(C)OC(=O)NC(C)(c1ccccc1F)[C@@H](F)C=O. The molecule has 0 spiro atoms. The third-order valence-electron chi connectivity index (χ3n) is 2.87. The van der Waals surface area contributed by atoms with E-state index in [-0.39, 0.29) is 11.8 Å². The molecule has 116 valence electrons. The quantitative estimate of drug-likeness (QED) is 0.869. The van der Waals surface area contributed by atoms with Crippen LogP contribution in [-0.2, 0) is 15.1 Å². The highest BCUT2D eigenvalue weighted by atomic mass is 19.1. The van der Waals surface area contributed by atoms with Crippen LogP contribution in [0, 0.1) is 5.82 Å². The fourth-order valence-electron chi connectivity index (χ4n) is 1.82. The van der Waals surface area contributed by atoms with Gasteiger partial charge in [-0.25, -0.2) is 13.6 Å². The number of hydrogen-bond acceptors (Lipinski definition) is 3. The summed E-state index contributed by atoms with van der Waals surface area (Å²) in [4.78, 5) is 22.7. The number of carbonyl (C=O) groups is 2. The molecule has 2 atom stereocenters. The van der Waals surface area contributed by atoms with Gasteiger partial charge in [0.2, 0.25) is 0 Å². The van der Waals surface area contributed by atoms with E-state index in [1.54, 1.807) is 20.8 Å². The lowest BCUT2D eigenvalue weighted by molar-refractivity contribution is -0.114. The lowest BCUT2D eigenvalue weighted by Crippen LogP contribution is -2.52. The smallest absolute Gasteiger partial charge is 0.408 e. The normalized spacial score (nSPS) is 15.7. The van der Waals surface area contributed by atoms with Crippen molar-refractivity contribution < 1.29 is 23.1 Å². The van der Waals surface area contributed by atoms with Gasteiger partial charge in [-0.05, 0) is 33.8 Å². The fourth-order valence-corrected chi connectivity index (χ4v) is 1.82. The van der Waals surface area contributed by atoms with Gasteiger partial charge < -0.3 is 14.8 Å². The molecule has 1 amide bonds. The Bertz CT molecular complexity index is 528. The summed E-state index contributed by atoms with van der Waals surface area (Å²) in [5, 5.41) is 2.25. The van der Waals surface area contributed by atoms with Crippen molar-refractivity contribution in [1.29, 1.82) is 0 Å². The van der Waals surface area contributed by atoms with Gasteiger partial charge in [0.1, 0.15) is 17.0 Å². The molecule has 0 heterocycles. The number of aldehydes is 1. The Morgan fingerprint density at radius 2 is 1.86 bits per heavy atom. The average molecular weight is 299 g/mol. The second-order valence-corrected chi connectivity index (χ2v) is 5.85. The molecule has 0 saturated heterocycles. The number of rotatable bonds is 4. The van der Waals surface area contributed by atoms with Gasteiger partial charge in [-0.3, -0.25) is 0 Å². The van der Waals surface area contributed by atoms with Crippen LogP contribution in [0.4, 0.5) is 13.6 Å². The number of amides is 1. The van der Waals surface area contributed by atoms with Gasteiger partial charge in [0.15, 0.2) is 12.5 Å². The number of benzene rings is 1. The van der Waals surface area contributed by atoms with Crippen LogP contribution in [-0.4, -0.2) is 24.2 Å². The maximum atomic E-state index is 14.0.